The van der Waals surface area contributed by atoms with Crippen LogP contribution in [0.25, 0.3) is 0 Å². The zero-order valence-corrected chi connectivity index (χ0v) is 19.4. The Hall–Kier alpha value is -2.45. The molecule has 8 nitrogen and oxygen atoms in total. The highest BCUT2D eigenvalue weighted by Crippen LogP contribution is 2.26. The van der Waals surface area contributed by atoms with Gasteiger partial charge in [0.15, 0.2) is 0 Å². The van der Waals surface area contributed by atoms with E-state index < -0.39 is 23.5 Å². The van der Waals surface area contributed by atoms with Crippen LogP contribution in [-0.2, 0) is 14.4 Å². The van der Waals surface area contributed by atoms with E-state index in [1.54, 1.807) is 14.0 Å². The van der Waals surface area contributed by atoms with Crippen molar-refractivity contribution >= 4 is 17.7 Å². The van der Waals surface area contributed by atoms with Crippen molar-refractivity contribution in [3.63, 3.8) is 0 Å². The minimum atomic E-state index is -0.775. The van der Waals surface area contributed by atoms with Crippen LogP contribution in [0.1, 0.15) is 52.6 Å². The third-order valence-corrected chi connectivity index (χ3v) is 5.80. The van der Waals surface area contributed by atoms with E-state index in [-0.39, 0.29) is 36.3 Å². The lowest BCUT2D eigenvalue weighted by molar-refractivity contribution is -0.144. The molecule has 0 saturated carbocycles. The smallest absolute Gasteiger partial charge is 0.246 e. The standard InChI is InChI=1S/C23H37N5O3/c1-14(16-10-8-7-9-11-16)26-21(30)18-12-17(24)13-28(18)22(31)19(23(3,4)5)27-20(29)15(2)25-6/h7-11,14-15,17-19,25H,12-13,24H2,1-6H3,(H,26,30)(H,27,29)/t14-,15+,17+,18+,19-/m1/s1. The van der Waals surface area contributed by atoms with Crippen LogP contribution >= 0.6 is 0 Å². The van der Waals surface area contributed by atoms with E-state index >= 15 is 0 Å². The molecule has 0 unspecified atom stereocenters. The van der Waals surface area contributed by atoms with Crippen molar-refractivity contribution in [1.82, 2.24) is 20.9 Å². The van der Waals surface area contributed by atoms with Crippen molar-refractivity contribution in [3.8, 4) is 0 Å². The monoisotopic (exact) mass is 431 g/mol. The molecule has 1 heterocycles. The van der Waals surface area contributed by atoms with E-state index in [1.807, 2.05) is 58.0 Å². The minimum Gasteiger partial charge on any atom is -0.348 e. The predicted molar refractivity (Wildman–Crippen MR) is 121 cm³/mol. The summed E-state index contributed by atoms with van der Waals surface area (Å²) in [5.41, 5.74) is 6.59. The average molecular weight is 432 g/mol. The van der Waals surface area contributed by atoms with E-state index in [2.05, 4.69) is 16.0 Å². The Bertz CT molecular complexity index is 777. The zero-order valence-electron chi connectivity index (χ0n) is 19.4. The lowest BCUT2D eigenvalue weighted by Crippen LogP contribution is -2.59. The number of benzene rings is 1. The lowest BCUT2D eigenvalue weighted by Gasteiger charge is -2.36. The van der Waals surface area contributed by atoms with Gasteiger partial charge in [-0.3, -0.25) is 14.4 Å². The normalized spacial score (nSPS) is 21.8. The molecule has 1 aliphatic rings. The molecule has 5 atom stereocenters. The molecule has 0 bridgehead atoms. The molecule has 0 radical (unpaired) electrons. The van der Waals surface area contributed by atoms with Gasteiger partial charge >= 0.3 is 0 Å². The molecule has 1 saturated heterocycles. The maximum atomic E-state index is 13.5. The van der Waals surface area contributed by atoms with E-state index in [4.69, 9.17) is 5.73 Å². The van der Waals surface area contributed by atoms with Gasteiger partial charge in [-0.15, -0.1) is 0 Å². The second-order valence-electron chi connectivity index (χ2n) is 9.46. The van der Waals surface area contributed by atoms with Gasteiger partial charge in [0.1, 0.15) is 12.1 Å². The third kappa shape index (κ3) is 6.27. The van der Waals surface area contributed by atoms with Gasteiger partial charge in [0.2, 0.25) is 17.7 Å². The number of nitrogens with one attached hydrogen (secondary N) is 3. The number of hydrogen-bond acceptors (Lipinski definition) is 5. The second-order valence-corrected chi connectivity index (χ2v) is 9.46. The first kappa shape index (κ1) is 24.8. The van der Waals surface area contributed by atoms with E-state index in [0.29, 0.717) is 6.42 Å². The fourth-order valence-electron chi connectivity index (χ4n) is 3.71. The first-order chi connectivity index (χ1) is 14.5. The van der Waals surface area contributed by atoms with Crippen LogP contribution in [0.2, 0.25) is 0 Å². The van der Waals surface area contributed by atoms with Crippen molar-refractivity contribution in [1.29, 1.82) is 0 Å². The highest BCUT2D eigenvalue weighted by atomic mass is 16.2. The first-order valence-corrected chi connectivity index (χ1v) is 10.8. The fraction of sp³-hybridized carbons (Fsp3) is 0.609. The quantitative estimate of drug-likeness (QED) is 0.513. The van der Waals surface area contributed by atoms with Gasteiger partial charge in [-0.25, -0.2) is 0 Å². The first-order valence-electron chi connectivity index (χ1n) is 10.8. The predicted octanol–water partition coefficient (Wildman–Crippen LogP) is 0.931. The summed E-state index contributed by atoms with van der Waals surface area (Å²) in [5, 5.41) is 8.74. The summed E-state index contributed by atoms with van der Waals surface area (Å²) >= 11 is 0. The summed E-state index contributed by atoms with van der Waals surface area (Å²) in [5.74, 6) is -0.789. The Morgan fingerprint density at radius 2 is 1.71 bits per heavy atom. The largest absolute Gasteiger partial charge is 0.348 e. The molecule has 0 aromatic heterocycles. The van der Waals surface area contributed by atoms with Gasteiger partial charge in [0, 0.05) is 12.6 Å². The summed E-state index contributed by atoms with van der Waals surface area (Å²) in [6, 6.07) is 7.28. The topological polar surface area (TPSA) is 117 Å². The van der Waals surface area contributed by atoms with Crippen LogP contribution < -0.4 is 21.7 Å². The molecule has 2 rings (SSSR count). The highest BCUT2D eigenvalue weighted by Gasteiger charge is 2.44. The van der Waals surface area contributed by atoms with Gasteiger partial charge in [0.05, 0.1) is 12.1 Å². The van der Waals surface area contributed by atoms with Crippen LogP contribution in [0.5, 0.6) is 0 Å². The van der Waals surface area contributed by atoms with Gasteiger partial charge in [-0.2, -0.15) is 0 Å². The molecule has 8 heteroatoms. The number of likely N-dealkylation sites (tertiary alicyclic amines) is 1. The molecule has 0 aliphatic carbocycles. The number of carbonyl (C=O) groups is 3. The number of amides is 3. The maximum absolute atomic E-state index is 13.5. The third-order valence-electron chi connectivity index (χ3n) is 5.80. The van der Waals surface area contributed by atoms with Crippen molar-refractivity contribution in [3.05, 3.63) is 35.9 Å². The minimum absolute atomic E-state index is 0.197. The number of nitrogens with zero attached hydrogens (tertiary/aromatic N) is 1. The summed E-state index contributed by atoms with van der Waals surface area (Å²) in [4.78, 5) is 40.6. The summed E-state index contributed by atoms with van der Waals surface area (Å²) in [6.07, 6.45) is 0.386. The summed E-state index contributed by atoms with van der Waals surface area (Å²) < 4.78 is 0. The molecule has 5 N–H and O–H groups in total. The van der Waals surface area contributed by atoms with E-state index in [0.717, 1.165) is 5.56 Å². The Morgan fingerprint density at radius 1 is 1.10 bits per heavy atom. The number of carbonyl (C=O) groups excluding carboxylic acids is 3. The van der Waals surface area contributed by atoms with Gasteiger partial charge < -0.3 is 26.6 Å². The molecule has 0 spiro atoms. The molecular formula is C23H37N5O3. The number of hydrogen-bond donors (Lipinski definition) is 4. The zero-order chi connectivity index (χ0) is 23.3. The van der Waals surface area contributed by atoms with Gasteiger partial charge in [-0.05, 0) is 38.3 Å². The van der Waals surface area contributed by atoms with Crippen molar-refractivity contribution < 1.29 is 14.4 Å². The maximum Gasteiger partial charge on any atom is 0.246 e. The molecule has 1 fully saturated rings. The van der Waals surface area contributed by atoms with E-state index in [1.165, 1.54) is 4.90 Å². The average Bonchev–Trinajstić information content (AvgIpc) is 3.12. The van der Waals surface area contributed by atoms with Crippen LogP contribution in [0.3, 0.4) is 0 Å². The Morgan fingerprint density at radius 3 is 2.26 bits per heavy atom. The molecular weight excluding hydrogens is 394 g/mol. The van der Waals surface area contributed by atoms with E-state index in [9.17, 15) is 14.4 Å². The second kappa shape index (κ2) is 10.2. The molecule has 172 valence electrons. The Kier molecular flexibility index (Phi) is 8.20. The Labute approximate surface area is 185 Å². The number of rotatable bonds is 7. The highest BCUT2D eigenvalue weighted by molar-refractivity contribution is 5.94. The van der Waals surface area contributed by atoms with Crippen LogP contribution in [0.4, 0.5) is 0 Å². The van der Waals surface area contributed by atoms with Crippen molar-refractivity contribution in [2.45, 2.75) is 71.2 Å². The summed E-state index contributed by atoms with van der Waals surface area (Å²) in [6.45, 7) is 9.59. The number of likely N-dealkylation sites (N-methyl/N-ethyl adjacent to an activating group) is 1. The fourth-order valence-corrected chi connectivity index (χ4v) is 3.71. The van der Waals surface area contributed by atoms with Gasteiger partial charge in [0.25, 0.3) is 0 Å². The van der Waals surface area contributed by atoms with Crippen molar-refractivity contribution in [2.24, 2.45) is 11.1 Å². The van der Waals surface area contributed by atoms with Crippen LogP contribution in [0, 0.1) is 5.41 Å². The Balaban J connectivity index is 2.19. The molecule has 1 aromatic carbocycles. The number of nitrogens with two attached hydrogens (primary N) is 1. The molecule has 1 aromatic rings. The summed E-state index contributed by atoms with van der Waals surface area (Å²) in [7, 11) is 1.69. The van der Waals surface area contributed by atoms with Crippen LogP contribution in [0.15, 0.2) is 30.3 Å². The molecule has 3 amide bonds. The lowest BCUT2D eigenvalue weighted by atomic mass is 9.85. The SMILES string of the molecule is CN[C@@H](C)C(=O)N[C@H](C(=O)N1C[C@@H](N)C[C@H]1C(=O)N[C@H](C)c1ccccc1)C(C)(C)C. The van der Waals surface area contributed by atoms with Crippen LogP contribution in [-0.4, -0.2) is 60.4 Å². The molecule has 1 aliphatic heterocycles. The van der Waals surface area contributed by atoms with Gasteiger partial charge in [-0.1, -0.05) is 51.1 Å². The molecule has 31 heavy (non-hydrogen) atoms. The van der Waals surface area contributed by atoms with Crippen molar-refractivity contribution in [2.75, 3.05) is 13.6 Å².